The fraction of sp³-hybridized carbons (Fsp3) is 0.429. The van der Waals surface area contributed by atoms with Gasteiger partial charge in [0.1, 0.15) is 11.4 Å². The normalized spacial score (nSPS) is 15.9. The van der Waals surface area contributed by atoms with Crippen molar-refractivity contribution in [2.75, 3.05) is 6.26 Å². The van der Waals surface area contributed by atoms with Gasteiger partial charge < -0.3 is 4.74 Å². The fourth-order valence-corrected chi connectivity index (χ4v) is 2.49. The summed E-state index contributed by atoms with van der Waals surface area (Å²) < 4.78 is 19.8. The van der Waals surface area contributed by atoms with Gasteiger partial charge in [-0.25, -0.2) is 9.38 Å². The van der Waals surface area contributed by atoms with Gasteiger partial charge in [-0.05, 0) is 44.1 Å². The fourth-order valence-electron chi connectivity index (χ4n) is 2.16. The standard InChI is InChI=1S/C14H16FN3OS/c1-20-14(17-9-16)18-13-11(15)7-4-8-12(13)19-10-5-2-3-6-10/h4,7-8,10H,2-3,5-6H2,1H3,(H,17,18). The average molecular weight is 293 g/mol. The molecule has 1 aromatic carbocycles. The zero-order chi connectivity index (χ0) is 14.4. The van der Waals surface area contributed by atoms with Crippen LogP contribution in [0.1, 0.15) is 25.7 Å². The number of benzene rings is 1. The minimum absolute atomic E-state index is 0.132. The number of para-hydroxylation sites is 1. The smallest absolute Gasteiger partial charge is 0.183 e. The Kier molecular flexibility index (Phi) is 5.24. The second kappa shape index (κ2) is 7.15. The van der Waals surface area contributed by atoms with E-state index in [1.165, 1.54) is 17.8 Å². The number of amidine groups is 1. The summed E-state index contributed by atoms with van der Waals surface area (Å²) in [6.45, 7) is 0. The lowest BCUT2D eigenvalue weighted by Crippen LogP contribution is -2.14. The van der Waals surface area contributed by atoms with E-state index in [2.05, 4.69) is 10.3 Å². The number of ether oxygens (including phenoxy) is 1. The molecule has 0 spiro atoms. The van der Waals surface area contributed by atoms with Gasteiger partial charge in [0.15, 0.2) is 17.2 Å². The van der Waals surface area contributed by atoms with Gasteiger partial charge in [0.05, 0.1) is 6.10 Å². The molecule has 6 heteroatoms. The third kappa shape index (κ3) is 3.64. The molecule has 0 bridgehead atoms. The van der Waals surface area contributed by atoms with Crippen LogP contribution in [0.5, 0.6) is 5.75 Å². The first-order valence-electron chi connectivity index (χ1n) is 6.47. The maximum Gasteiger partial charge on any atom is 0.183 e. The van der Waals surface area contributed by atoms with Crippen molar-refractivity contribution < 1.29 is 9.13 Å². The molecule has 1 N–H and O–H groups in total. The van der Waals surface area contributed by atoms with Crippen LogP contribution in [0.25, 0.3) is 0 Å². The summed E-state index contributed by atoms with van der Waals surface area (Å²) in [6.07, 6.45) is 7.95. The van der Waals surface area contributed by atoms with Gasteiger partial charge in [-0.1, -0.05) is 17.8 Å². The van der Waals surface area contributed by atoms with E-state index < -0.39 is 5.82 Å². The summed E-state index contributed by atoms with van der Waals surface area (Å²) in [5.74, 6) is -0.0185. The summed E-state index contributed by atoms with van der Waals surface area (Å²) in [5.41, 5.74) is 0.145. The van der Waals surface area contributed by atoms with Crippen molar-refractivity contribution in [3.05, 3.63) is 24.0 Å². The van der Waals surface area contributed by atoms with Crippen molar-refractivity contribution in [1.82, 2.24) is 5.32 Å². The Morgan fingerprint density at radius 3 is 2.90 bits per heavy atom. The van der Waals surface area contributed by atoms with Crippen molar-refractivity contribution in [1.29, 1.82) is 5.26 Å². The Labute approximate surface area is 122 Å². The van der Waals surface area contributed by atoms with Gasteiger partial charge in [0, 0.05) is 0 Å². The van der Waals surface area contributed by atoms with Gasteiger partial charge in [-0.2, -0.15) is 5.26 Å². The van der Waals surface area contributed by atoms with Crippen LogP contribution >= 0.6 is 11.8 Å². The lowest BCUT2D eigenvalue weighted by molar-refractivity contribution is 0.210. The molecular formula is C14H16FN3OS. The van der Waals surface area contributed by atoms with Gasteiger partial charge in [-0.3, -0.25) is 5.32 Å². The highest BCUT2D eigenvalue weighted by molar-refractivity contribution is 8.13. The molecule has 0 atom stereocenters. The molecule has 1 aliphatic rings. The van der Waals surface area contributed by atoms with Crippen LogP contribution in [0, 0.1) is 17.3 Å². The molecule has 0 unspecified atom stereocenters. The first-order valence-corrected chi connectivity index (χ1v) is 7.70. The number of rotatable bonds is 3. The molecule has 2 rings (SSSR count). The highest BCUT2D eigenvalue weighted by Crippen LogP contribution is 2.34. The SMILES string of the molecule is CSC(=Nc1c(F)cccc1OC1CCCC1)NC#N. The largest absolute Gasteiger partial charge is 0.488 e. The van der Waals surface area contributed by atoms with E-state index in [1.54, 1.807) is 24.6 Å². The lowest BCUT2D eigenvalue weighted by Gasteiger charge is -2.15. The Morgan fingerprint density at radius 2 is 2.25 bits per heavy atom. The molecule has 0 aliphatic heterocycles. The number of hydrogen-bond donors (Lipinski definition) is 1. The van der Waals surface area contributed by atoms with Gasteiger partial charge in [0.2, 0.25) is 0 Å². The van der Waals surface area contributed by atoms with E-state index in [-0.39, 0.29) is 11.8 Å². The number of thioether (sulfide) groups is 1. The van der Waals surface area contributed by atoms with Crippen LogP contribution < -0.4 is 10.1 Å². The number of nitriles is 1. The van der Waals surface area contributed by atoms with Crippen molar-refractivity contribution in [2.24, 2.45) is 4.99 Å². The number of aliphatic imine (C=N–C) groups is 1. The molecule has 0 radical (unpaired) electrons. The summed E-state index contributed by atoms with van der Waals surface area (Å²) in [7, 11) is 0. The van der Waals surface area contributed by atoms with Crippen molar-refractivity contribution in [3.63, 3.8) is 0 Å². The minimum Gasteiger partial charge on any atom is -0.488 e. The summed E-state index contributed by atoms with van der Waals surface area (Å²) in [6, 6.07) is 4.66. The second-order valence-corrected chi connectivity index (χ2v) is 5.26. The molecule has 1 aliphatic carbocycles. The average Bonchev–Trinajstić information content (AvgIpc) is 2.94. The van der Waals surface area contributed by atoms with E-state index >= 15 is 0 Å². The first-order chi connectivity index (χ1) is 9.74. The predicted octanol–water partition coefficient (Wildman–Crippen LogP) is 3.57. The maximum atomic E-state index is 14.0. The minimum atomic E-state index is -0.452. The number of hydrogen-bond acceptors (Lipinski definition) is 4. The highest BCUT2D eigenvalue weighted by atomic mass is 32.2. The monoisotopic (exact) mass is 293 g/mol. The van der Waals surface area contributed by atoms with Crippen LogP contribution in [0.4, 0.5) is 10.1 Å². The quantitative estimate of drug-likeness (QED) is 0.400. The van der Waals surface area contributed by atoms with Crippen LogP contribution in [-0.4, -0.2) is 17.5 Å². The topological polar surface area (TPSA) is 57.4 Å². The Morgan fingerprint density at radius 1 is 1.50 bits per heavy atom. The van der Waals surface area contributed by atoms with Gasteiger partial charge in [-0.15, -0.1) is 0 Å². The molecule has 1 saturated carbocycles. The molecule has 0 heterocycles. The van der Waals surface area contributed by atoms with Crippen LogP contribution in [0.15, 0.2) is 23.2 Å². The molecule has 106 valence electrons. The third-order valence-corrected chi connectivity index (χ3v) is 3.70. The van der Waals surface area contributed by atoms with Crippen LogP contribution in [0.2, 0.25) is 0 Å². The predicted molar refractivity (Wildman–Crippen MR) is 78.6 cm³/mol. The van der Waals surface area contributed by atoms with Crippen LogP contribution in [-0.2, 0) is 0 Å². The molecule has 0 aromatic heterocycles. The van der Waals surface area contributed by atoms with Gasteiger partial charge in [0.25, 0.3) is 0 Å². The Bertz CT molecular complexity index is 536. The van der Waals surface area contributed by atoms with E-state index in [0.29, 0.717) is 10.9 Å². The summed E-state index contributed by atoms with van der Waals surface area (Å²) in [5, 5.41) is 11.4. The van der Waals surface area contributed by atoms with E-state index in [0.717, 1.165) is 25.7 Å². The van der Waals surface area contributed by atoms with E-state index in [9.17, 15) is 4.39 Å². The molecular weight excluding hydrogens is 277 g/mol. The maximum absolute atomic E-state index is 14.0. The Balaban J connectivity index is 2.28. The molecule has 0 amide bonds. The van der Waals surface area contributed by atoms with Crippen LogP contribution in [0.3, 0.4) is 0 Å². The third-order valence-electron chi connectivity index (χ3n) is 3.12. The molecule has 0 saturated heterocycles. The summed E-state index contributed by atoms with van der Waals surface area (Å²) >= 11 is 1.24. The summed E-state index contributed by atoms with van der Waals surface area (Å²) in [4.78, 5) is 4.15. The van der Waals surface area contributed by atoms with Crippen molar-refractivity contribution >= 4 is 22.6 Å². The zero-order valence-electron chi connectivity index (χ0n) is 11.2. The number of nitrogens with zero attached hydrogens (tertiary/aromatic N) is 2. The molecule has 4 nitrogen and oxygen atoms in total. The molecule has 20 heavy (non-hydrogen) atoms. The highest BCUT2D eigenvalue weighted by Gasteiger charge is 2.19. The zero-order valence-corrected chi connectivity index (χ0v) is 12.0. The van der Waals surface area contributed by atoms with E-state index in [1.807, 2.05) is 0 Å². The number of nitrogens with one attached hydrogen (secondary N) is 1. The molecule has 1 aromatic rings. The lowest BCUT2D eigenvalue weighted by atomic mass is 10.2. The van der Waals surface area contributed by atoms with Crippen molar-refractivity contribution in [2.45, 2.75) is 31.8 Å². The Hall–Kier alpha value is -1.74. The van der Waals surface area contributed by atoms with Crippen molar-refractivity contribution in [3.8, 4) is 11.9 Å². The second-order valence-electron chi connectivity index (χ2n) is 4.47. The van der Waals surface area contributed by atoms with Gasteiger partial charge >= 0.3 is 0 Å². The molecule has 1 fully saturated rings. The number of halogens is 1. The van der Waals surface area contributed by atoms with E-state index in [4.69, 9.17) is 10.00 Å². The first kappa shape index (κ1) is 14.7.